The summed E-state index contributed by atoms with van der Waals surface area (Å²) in [4.78, 5) is 14.2. The van der Waals surface area contributed by atoms with Crippen molar-refractivity contribution in [3.8, 4) is 5.69 Å². The third kappa shape index (κ3) is 3.36. The van der Waals surface area contributed by atoms with Gasteiger partial charge in [-0.3, -0.25) is 4.79 Å². The molecule has 2 aromatic rings. The molecule has 0 radical (unpaired) electrons. The zero-order valence-corrected chi connectivity index (χ0v) is 12.7. The fourth-order valence-corrected chi connectivity index (χ4v) is 2.87. The molecule has 2 heterocycles. The lowest BCUT2D eigenvalue weighted by molar-refractivity contribution is -0.130. The Labute approximate surface area is 130 Å². The van der Waals surface area contributed by atoms with Crippen LogP contribution in [-0.4, -0.2) is 40.2 Å². The number of nitrogens with zero attached hydrogens (tertiary/aromatic N) is 3. The summed E-state index contributed by atoms with van der Waals surface area (Å²) in [5, 5.41) is 4.36. The number of carbonyl (C=O) groups is 1. The minimum atomic E-state index is 0.225. The standard InChI is InChI=1S/C17H22N4O/c18-10-14-8-9-20(12-14)17(22)7-6-15-11-19-21(13-15)16-4-2-1-3-5-16/h1-5,11,13-14H,6-10,12,18H2. The predicted molar refractivity (Wildman–Crippen MR) is 85.6 cm³/mol. The first-order valence-electron chi connectivity index (χ1n) is 7.83. The van der Waals surface area contributed by atoms with E-state index in [1.807, 2.05) is 52.3 Å². The number of rotatable bonds is 5. The summed E-state index contributed by atoms with van der Waals surface area (Å²) in [5.41, 5.74) is 7.79. The van der Waals surface area contributed by atoms with Gasteiger partial charge in [0, 0.05) is 25.7 Å². The van der Waals surface area contributed by atoms with E-state index in [0.717, 1.165) is 37.2 Å². The summed E-state index contributed by atoms with van der Waals surface area (Å²) in [6.07, 6.45) is 6.14. The fourth-order valence-electron chi connectivity index (χ4n) is 2.87. The minimum absolute atomic E-state index is 0.225. The van der Waals surface area contributed by atoms with Crippen molar-refractivity contribution in [3.05, 3.63) is 48.3 Å². The molecular formula is C17H22N4O. The van der Waals surface area contributed by atoms with Gasteiger partial charge in [0.1, 0.15) is 0 Å². The van der Waals surface area contributed by atoms with Crippen LogP contribution < -0.4 is 5.73 Å². The van der Waals surface area contributed by atoms with Gasteiger partial charge >= 0.3 is 0 Å². The molecule has 22 heavy (non-hydrogen) atoms. The molecule has 1 unspecified atom stereocenters. The Hall–Kier alpha value is -2.14. The smallest absolute Gasteiger partial charge is 0.222 e. The topological polar surface area (TPSA) is 64.2 Å². The van der Waals surface area contributed by atoms with E-state index in [1.165, 1.54) is 0 Å². The quantitative estimate of drug-likeness (QED) is 0.912. The van der Waals surface area contributed by atoms with E-state index in [9.17, 15) is 4.79 Å². The molecule has 5 nitrogen and oxygen atoms in total. The first-order valence-corrected chi connectivity index (χ1v) is 7.83. The van der Waals surface area contributed by atoms with Crippen LogP contribution >= 0.6 is 0 Å². The summed E-state index contributed by atoms with van der Waals surface area (Å²) in [6, 6.07) is 9.98. The number of hydrogen-bond donors (Lipinski definition) is 1. The van der Waals surface area contributed by atoms with Crippen LogP contribution in [-0.2, 0) is 11.2 Å². The zero-order valence-electron chi connectivity index (χ0n) is 12.7. The first-order chi connectivity index (χ1) is 10.8. The van der Waals surface area contributed by atoms with Gasteiger partial charge in [-0.1, -0.05) is 18.2 Å². The summed E-state index contributed by atoms with van der Waals surface area (Å²) < 4.78 is 1.85. The molecule has 1 saturated heterocycles. The molecule has 0 spiro atoms. The molecule has 1 aromatic carbocycles. The van der Waals surface area contributed by atoms with Gasteiger partial charge in [0.25, 0.3) is 0 Å². The van der Waals surface area contributed by atoms with E-state index in [1.54, 1.807) is 0 Å². The molecule has 1 atom stereocenters. The van der Waals surface area contributed by atoms with Gasteiger partial charge in [-0.15, -0.1) is 0 Å². The van der Waals surface area contributed by atoms with Crippen molar-refractivity contribution >= 4 is 5.91 Å². The molecule has 0 bridgehead atoms. The maximum atomic E-state index is 12.2. The maximum absolute atomic E-state index is 12.2. The molecule has 1 aliphatic rings. The highest BCUT2D eigenvalue weighted by atomic mass is 16.2. The van der Waals surface area contributed by atoms with Crippen molar-refractivity contribution in [2.45, 2.75) is 19.3 Å². The Balaban J connectivity index is 1.54. The molecule has 5 heteroatoms. The highest BCUT2D eigenvalue weighted by molar-refractivity contribution is 5.76. The van der Waals surface area contributed by atoms with Crippen molar-refractivity contribution in [2.75, 3.05) is 19.6 Å². The Morgan fingerprint density at radius 2 is 2.14 bits per heavy atom. The molecule has 1 aromatic heterocycles. The van der Waals surface area contributed by atoms with Gasteiger partial charge in [-0.2, -0.15) is 5.10 Å². The van der Waals surface area contributed by atoms with Crippen LogP contribution in [0.1, 0.15) is 18.4 Å². The second-order valence-corrected chi connectivity index (χ2v) is 5.86. The van der Waals surface area contributed by atoms with Crippen LogP contribution in [0, 0.1) is 5.92 Å². The van der Waals surface area contributed by atoms with E-state index in [4.69, 9.17) is 5.73 Å². The van der Waals surface area contributed by atoms with Crippen molar-refractivity contribution < 1.29 is 4.79 Å². The number of carbonyl (C=O) groups excluding carboxylic acids is 1. The predicted octanol–water partition coefficient (Wildman–Crippen LogP) is 1.61. The van der Waals surface area contributed by atoms with Crippen molar-refractivity contribution in [3.63, 3.8) is 0 Å². The van der Waals surface area contributed by atoms with Crippen LogP contribution in [0.5, 0.6) is 0 Å². The van der Waals surface area contributed by atoms with Gasteiger partial charge in [0.2, 0.25) is 5.91 Å². The van der Waals surface area contributed by atoms with E-state index < -0.39 is 0 Å². The van der Waals surface area contributed by atoms with Gasteiger partial charge in [-0.25, -0.2) is 4.68 Å². The lowest BCUT2D eigenvalue weighted by Gasteiger charge is -2.15. The zero-order chi connectivity index (χ0) is 15.4. The summed E-state index contributed by atoms with van der Waals surface area (Å²) in [7, 11) is 0. The van der Waals surface area contributed by atoms with Crippen LogP contribution in [0.2, 0.25) is 0 Å². The fraction of sp³-hybridized carbons (Fsp3) is 0.412. The average Bonchev–Trinajstić information content (AvgIpc) is 3.22. The van der Waals surface area contributed by atoms with Crippen LogP contribution in [0.15, 0.2) is 42.7 Å². The third-order valence-corrected chi connectivity index (χ3v) is 4.26. The van der Waals surface area contributed by atoms with E-state index in [2.05, 4.69) is 5.10 Å². The molecule has 1 fully saturated rings. The average molecular weight is 298 g/mol. The van der Waals surface area contributed by atoms with Gasteiger partial charge in [-0.05, 0) is 43.0 Å². The number of hydrogen-bond acceptors (Lipinski definition) is 3. The number of nitrogens with two attached hydrogens (primary N) is 1. The van der Waals surface area contributed by atoms with E-state index in [0.29, 0.717) is 18.9 Å². The van der Waals surface area contributed by atoms with Crippen LogP contribution in [0.3, 0.4) is 0 Å². The highest BCUT2D eigenvalue weighted by Crippen LogP contribution is 2.16. The lowest BCUT2D eigenvalue weighted by atomic mass is 10.1. The maximum Gasteiger partial charge on any atom is 0.222 e. The number of aryl methyl sites for hydroxylation is 1. The van der Waals surface area contributed by atoms with E-state index in [-0.39, 0.29) is 5.91 Å². The molecular weight excluding hydrogens is 276 g/mol. The number of amides is 1. The Bertz CT molecular complexity index is 623. The highest BCUT2D eigenvalue weighted by Gasteiger charge is 2.24. The van der Waals surface area contributed by atoms with Gasteiger partial charge in [0.15, 0.2) is 0 Å². The molecule has 1 amide bonds. The normalized spacial score (nSPS) is 17.9. The van der Waals surface area contributed by atoms with Crippen LogP contribution in [0.4, 0.5) is 0 Å². The number of likely N-dealkylation sites (tertiary alicyclic amines) is 1. The van der Waals surface area contributed by atoms with Crippen LogP contribution in [0.25, 0.3) is 5.69 Å². The molecule has 0 saturated carbocycles. The summed E-state index contributed by atoms with van der Waals surface area (Å²) >= 11 is 0. The number of benzene rings is 1. The first kappa shape index (κ1) is 14.8. The molecule has 116 valence electrons. The lowest BCUT2D eigenvalue weighted by Crippen LogP contribution is -2.29. The van der Waals surface area contributed by atoms with E-state index >= 15 is 0 Å². The van der Waals surface area contributed by atoms with Crippen molar-refractivity contribution in [1.82, 2.24) is 14.7 Å². The molecule has 2 N–H and O–H groups in total. The Morgan fingerprint density at radius 1 is 1.32 bits per heavy atom. The van der Waals surface area contributed by atoms with Crippen molar-refractivity contribution in [2.24, 2.45) is 11.7 Å². The van der Waals surface area contributed by atoms with Gasteiger partial charge in [0.05, 0.1) is 11.9 Å². The molecule has 1 aliphatic heterocycles. The monoisotopic (exact) mass is 298 g/mol. The van der Waals surface area contributed by atoms with Crippen molar-refractivity contribution in [1.29, 1.82) is 0 Å². The SMILES string of the molecule is NCC1CCN(C(=O)CCc2cnn(-c3ccccc3)c2)C1. The third-order valence-electron chi connectivity index (χ3n) is 4.26. The molecule has 0 aliphatic carbocycles. The summed E-state index contributed by atoms with van der Waals surface area (Å²) in [5.74, 6) is 0.702. The summed E-state index contributed by atoms with van der Waals surface area (Å²) in [6.45, 7) is 2.34. The Kier molecular flexibility index (Phi) is 4.53. The second kappa shape index (κ2) is 6.75. The van der Waals surface area contributed by atoms with Gasteiger partial charge < -0.3 is 10.6 Å². The minimum Gasteiger partial charge on any atom is -0.342 e. The largest absolute Gasteiger partial charge is 0.342 e. The number of para-hydroxylation sites is 1. The molecule has 3 rings (SSSR count). The Morgan fingerprint density at radius 3 is 2.86 bits per heavy atom. The number of aromatic nitrogens is 2. The second-order valence-electron chi connectivity index (χ2n) is 5.86.